The van der Waals surface area contributed by atoms with E-state index in [-0.39, 0.29) is 40.0 Å². The molecule has 0 aliphatic carbocycles. The van der Waals surface area contributed by atoms with Gasteiger partial charge in [0.05, 0.1) is 22.5 Å². The van der Waals surface area contributed by atoms with Gasteiger partial charge in [-0.1, -0.05) is 0 Å². The zero-order valence-corrected chi connectivity index (χ0v) is 21.8. The summed E-state index contributed by atoms with van der Waals surface area (Å²) in [6, 6.07) is -0.270. The van der Waals surface area contributed by atoms with Crippen LogP contribution in [0, 0.1) is 0 Å². The molecule has 0 bridgehead atoms. The summed E-state index contributed by atoms with van der Waals surface area (Å²) < 4.78 is 69.5. The predicted octanol–water partition coefficient (Wildman–Crippen LogP) is 2.42. The number of nitrogens with one attached hydrogen (secondary N) is 1. The van der Waals surface area contributed by atoms with Gasteiger partial charge >= 0.3 is 6.18 Å². The van der Waals surface area contributed by atoms with Crippen molar-refractivity contribution in [1.82, 2.24) is 28.8 Å². The maximum Gasteiger partial charge on any atom is 0.420 e. The minimum Gasteiger partial charge on any atom is -0.387 e. The largest absolute Gasteiger partial charge is 0.420 e. The summed E-state index contributed by atoms with van der Waals surface area (Å²) >= 11 is 0.788. The van der Waals surface area contributed by atoms with E-state index in [4.69, 9.17) is 0 Å². The van der Waals surface area contributed by atoms with Gasteiger partial charge in [-0.25, -0.2) is 28.4 Å². The molecule has 0 spiro atoms. The van der Waals surface area contributed by atoms with Crippen molar-refractivity contribution in [2.24, 2.45) is 7.05 Å². The Bertz CT molecular complexity index is 1360. The highest BCUT2D eigenvalue weighted by Gasteiger charge is 2.37. The molecule has 1 aliphatic rings. The number of alkyl halides is 3. The van der Waals surface area contributed by atoms with Gasteiger partial charge < -0.3 is 20.1 Å². The van der Waals surface area contributed by atoms with E-state index in [1.54, 1.807) is 7.05 Å². The highest BCUT2D eigenvalue weighted by Crippen LogP contribution is 2.40. The zero-order chi connectivity index (χ0) is 27.2. The maximum absolute atomic E-state index is 13.7. The SMILES string of the molecule is Cn1cnc(S(=O)(=O)N2CCC(Nc3ncc(C(F)(F)F)c(-c4cnc(C(O)C(C)(C)O)s4)n3)CC2)c1. The molecule has 1 unspecified atom stereocenters. The van der Waals surface area contributed by atoms with Crippen LogP contribution in [0.15, 0.2) is 29.9 Å². The smallest absolute Gasteiger partial charge is 0.387 e. The molecule has 1 fully saturated rings. The van der Waals surface area contributed by atoms with E-state index in [0.717, 1.165) is 17.5 Å². The molecule has 37 heavy (non-hydrogen) atoms. The molecule has 1 aliphatic heterocycles. The number of imidazole rings is 1. The second kappa shape index (κ2) is 9.90. The molecule has 0 aromatic carbocycles. The van der Waals surface area contributed by atoms with Crippen molar-refractivity contribution in [2.75, 3.05) is 18.4 Å². The van der Waals surface area contributed by atoms with Crippen LogP contribution in [0.3, 0.4) is 0 Å². The first-order valence-electron chi connectivity index (χ1n) is 11.2. The molecule has 3 aromatic heterocycles. The van der Waals surface area contributed by atoms with Crippen LogP contribution in [0.5, 0.6) is 0 Å². The first-order valence-corrected chi connectivity index (χ1v) is 13.5. The Hall–Kier alpha value is -2.66. The van der Waals surface area contributed by atoms with Crippen LogP contribution in [0.2, 0.25) is 0 Å². The van der Waals surface area contributed by atoms with Gasteiger partial charge in [0.25, 0.3) is 10.0 Å². The fourth-order valence-electron chi connectivity index (χ4n) is 3.75. The highest BCUT2D eigenvalue weighted by atomic mass is 32.2. The lowest BCUT2D eigenvalue weighted by molar-refractivity contribution is -0.137. The molecule has 11 nitrogen and oxygen atoms in total. The molecular weight excluding hydrogens is 535 g/mol. The van der Waals surface area contributed by atoms with E-state index in [0.29, 0.717) is 19.0 Å². The van der Waals surface area contributed by atoms with Crippen LogP contribution >= 0.6 is 11.3 Å². The third-order valence-electron chi connectivity index (χ3n) is 5.83. The number of rotatable bonds is 7. The number of halogens is 3. The second-order valence-electron chi connectivity index (χ2n) is 9.27. The van der Waals surface area contributed by atoms with Gasteiger partial charge in [0.1, 0.15) is 16.7 Å². The normalized spacial score (nSPS) is 17.2. The molecule has 0 saturated carbocycles. The number of aliphatic hydroxyl groups excluding tert-OH is 1. The van der Waals surface area contributed by atoms with Crippen molar-refractivity contribution < 1.29 is 31.8 Å². The molecule has 0 amide bonds. The van der Waals surface area contributed by atoms with Crippen molar-refractivity contribution in [2.45, 2.75) is 55.6 Å². The van der Waals surface area contributed by atoms with Crippen molar-refractivity contribution in [3.63, 3.8) is 0 Å². The van der Waals surface area contributed by atoms with Gasteiger partial charge in [0.2, 0.25) is 5.95 Å². The molecule has 4 rings (SSSR count). The standard InChI is InChI=1S/C21H26F3N7O4S2/c1-20(2,33)17(32)18-25-9-14(36-18)16-13(21(22,23)24)8-26-19(29-16)28-12-4-6-31(7-5-12)37(34,35)15-10-30(3)11-27-15/h8-12,17,32-33H,4-7H2,1-3H3,(H,26,28,29). The van der Waals surface area contributed by atoms with Crippen LogP contribution in [0.25, 0.3) is 10.6 Å². The lowest BCUT2D eigenvalue weighted by Crippen LogP contribution is -2.42. The van der Waals surface area contributed by atoms with Crippen molar-refractivity contribution in [3.8, 4) is 10.6 Å². The Labute approximate surface area is 215 Å². The molecule has 1 atom stereocenters. The van der Waals surface area contributed by atoms with Crippen LogP contribution in [-0.2, 0) is 23.2 Å². The number of anilines is 1. The summed E-state index contributed by atoms with van der Waals surface area (Å²) in [5, 5.41) is 23.3. The number of nitrogens with zero attached hydrogens (tertiary/aromatic N) is 6. The summed E-state index contributed by atoms with van der Waals surface area (Å²) in [5.74, 6) is -0.0491. The Morgan fingerprint density at radius 3 is 2.41 bits per heavy atom. The number of hydrogen-bond acceptors (Lipinski definition) is 10. The first-order chi connectivity index (χ1) is 17.2. The van der Waals surface area contributed by atoms with Crippen LogP contribution in [0.1, 0.15) is 43.4 Å². The van der Waals surface area contributed by atoms with E-state index in [1.807, 2.05) is 0 Å². The fourth-order valence-corrected chi connectivity index (χ4v) is 6.27. The third-order valence-corrected chi connectivity index (χ3v) is 8.67. The van der Waals surface area contributed by atoms with Gasteiger partial charge in [-0.15, -0.1) is 11.3 Å². The number of piperidine rings is 1. The van der Waals surface area contributed by atoms with Gasteiger partial charge in [0, 0.05) is 44.8 Å². The van der Waals surface area contributed by atoms with Crippen molar-refractivity contribution in [1.29, 1.82) is 0 Å². The lowest BCUT2D eigenvalue weighted by Gasteiger charge is -2.31. The molecule has 3 N–H and O–H groups in total. The number of aryl methyl sites for hydroxylation is 1. The minimum absolute atomic E-state index is 0.0456. The number of sulfonamides is 1. The number of aliphatic hydroxyl groups is 2. The molecule has 0 radical (unpaired) electrons. The zero-order valence-electron chi connectivity index (χ0n) is 20.1. The Kier molecular flexibility index (Phi) is 7.33. The highest BCUT2D eigenvalue weighted by molar-refractivity contribution is 7.89. The second-order valence-corrected chi connectivity index (χ2v) is 12.2. The van der Waals surface area contributed by atoms with E-state index in [9.17, 15) is 31.8 Å². The topological polar surface area (TPSA) is 146 Å². The Morgan fingerprint density at radius 2 is 1.84 bits per heavy atom. The first kappa shape index (κ1) is 27.4. The number of thiazole rings is 1. The van der Waals surface area contributed by atoms with Gasteiger partial charge in [-0.3, -0.25) is 0 Å². The summed E-state index contributed by atoms with van der Waals surface area (Å²) in [7, 11) is -2.07. The van der Waals surface area contributed by atoms with E-state index < -0.39 is 39.2 Å². The maximum atomic E-state index is 13.7. The Morgan fingerprint density at radius 1 is 1.16 bits per heavy atom. The average molecular weight is 562 g/mol. The minimum atomic E-state index is -4.74. The monoisotopic (exact) mass is 561 g/mol. The van der Waals surface area contributed by atoms with Crippen molar-refractivity contribution in [3.05, 3.63) is 35.5 Å². The molecule has 1 saturated heterocycles. The van der Waals surface area contributed by atoms with Gasteiger partial charge in [-0.05, 0) is 26.7 Å². The van der Waals surface area contributed by atoms with E-state index in [2.05, 4.69) is 25.3 Å². The van der Waals surface area contributed by atoms with Crippen LogP contribution < -0.4 is 5.32 Å². The number of hydrogen-bond donors (Lipinski definition) is 3. The molecule has 202 valence electrons. The number of aromatic nitrogens is 5. The summed E-state index contributed by atoms with van der Waals surface area (Å²) in [6.07, 6.45) is -0.706. The molecular formula is C21H26F3N7O4S2. The fraction of sp³-hybridized carbons (Fsp3) is 0.524. The third kappa shape index (κ3) is 5.93. The lowest BCUT2D eigenvalue weighted by atomic mass is 10.0. The summed E-state index contributed by atoms with van der Waals surface area (Å²) in [4.78, 5) is 15.9. The van der Waals surface area contributed by atoms with E-state index >= 15 is 0 Å². The quantitative estimate of drug-likeness (QED) is 0.396. The molecule has 3 aromatic rings. The Balaban J connectivity index is 1.52. The van der Waals surface area contributed by atoms with Crippen LogP contribution in [-0.4, -0.2) is 72.2 Å². The molecule has 16 heteroatoms. The summed E-state index contributed by atoms with van der Waals surface area (Å²) in [6.45, 7) is 3.10. The predicted molar refractivity (Wildman–Crippen MR) is 128 cm³/mol. The van der Waals surface area contributed by atoms with Gasteiger partial charge in [0.15, 0.2) is 5.03 Å². The van der Waals surface area contributed by atoms with Crippen LogP contribution in [0.4, 0.5) is 19.1 Å². The van der Waals surface area contributed by atoms with E-state index in [1.165, 1.54) is 35.2 Å². The average Bonchev–Trinajstić information content (AvgIpc) is 3.47. The van der Waals surface area contributed by atoms with Gasteiger partial charge in [-0.2, -0.15) is 17.5 Å². The summed E-state index contributed by atoms with van der Waals surface area (Å²) in [5.41, 5.74) is -3.02. The van der Waals surface area contributed by atoms with Crippen molar-refractivity contribution >= 4 is 27.3 Å². The molecule has 4 heterocycles.